The third-order valence-electron chi connectivity index (χ3n) is 5.58. The second-order valence-electron chi connectivity index (χ2n) is 8.46. The molecule has 3 aromatic carbocycles. The zero-order valence-corrected chi connectivity index (χ0v) is 21.3. The molecule has 0 aliphatic rings. The average molecular weight is 501 g/mol. The van der Waals surface area contributed by atoms with Gasteiger partial charge in [0.05, 0.1) is 11.8 Å². The molecular weight excluding hydrogens is 472 g/mol. The van der Waals surface area contributed by atoms with E-state index in [0.717, 1.165) is 16.9 Å². The Morgan fingerprint density at radius 3 is 2.33 bits per heavy atom. The van der Waals surface area contributed by atoms with Crippen LogP contribution < -0.4 is 10.1 Å². The molecule has 1 heterocycles. The van der Waals surface area contributed by atoms with E-state index < -0.39 is 5.25 Å². The van der Waals surface area contributed by atoms with Crippen molar-refractivity contribution in [3.8, 4) is 5.75 Å². The lowest BCUT2D eigenvalue weighted by molar-refractivity contribution is -0.115. The quantitative estimate of drug-likeness (QED) is 0.227. The number of benzene rings is 3. The van der Waals surface area contributed by atoms with Gasteiger partial charge >= 0.3 is 0 Å². The van der Waals surface area contributed by atoms with Gasteiger partial charge in [-0.05, 0) is 62.7 Å². The summed E-state index contributed by atoms with van der Waals surface area (Å²) >= 11 is 1.34. The van der Waals surface area contributed by atoms with Gasteiger partial charge in [0.2, 0.25) is 5.91 Å². The fraction of sp³-hybridized carbons (Fsp3) is 0.214. The molecule has 1 amide bonds. The molecule has 0 radical (unpaired) electrons. The Balaban J connectivity index is 1.48. The number of amides is 1. The second kappa shape index (κ2) is 11.7. The topological polar surface area (TPSA) is 86.1 Å². The minimum Gasteiger partial charge on any atom is -0.486 e. The number of nitrogens with one attached hydrogen (secondary N) is 1. The van der Waals surface area contributed by atoms with Crippen LogP contribution in [0.1, 0.15) is 41.2 Å². The Hall–Kier alpha value is -3.91. The lowest BCUT2D eigenvalue weighted by Gasteiger charge is -2.14. The molecule has 0 aliphatic carbocycles. The van der Waals surface area contributed by atoms with Crippen LogP contribution in [0.5, 0.6) is 5.75 Å². The standard InChI is InChI=1S/C28H28N4O3S/c1-19-9-15-25(16-10-19)35-18-26-30-31-28(32(26)17-22-7-5-4-6-8-22)36-21(3)27(34)29-24-13-11-23(12-14-24)20(2)33/h4-16,21H,17-18H2,1-3H3,(H,29,34)/t21-/m0/s1. The molecule has 184 valence electrons. The number of ether oxygens (including phenoxy) is 1. The zero-order valence-electron chi connectivity index (χ0n) is 20.5. The van der Waals surface area contributed by atoms with Crippen LogP contribution >= 0.6 is 11.8 Å². The second-order valence-corrected chi connectivity index (χ2v) is 9.76. The molecule has 8 heteroatoms. The van der Waals surface area contributed by atoms with Gasteiger partial charge in [0.25, 0.3) is 0 Å². The van der Waals surface area contributed by atoms with Crippen LogP contribution in [0, 0.1) is 6.92 Å². The molecule has 36 heavy (non-hydrogen) atoms. The van der Waals surface area contributed by atoms with Crippen molar-refractivity contribution in [3.05, 3.63) is 101 Å². The van der Waals surface area contributed by atoms with Crippen molar-refractivity contribution < 1.29 is 14.3 Å². The van der Waals surface area contributed by atoms with E-state index in [9.17, 15) is 9.59 Å². The highest BCUT2D eigenvalue weighted by atomic mass is 32.2. The third-order valence-corrected chi connectivity index (χ3v) is 6.66. The Labute approximate surface area is 214 Å². The number of carbonyl (C=O) groups is 2. The number of anilines is 1. The summed E-state index contributed by atoms with van der Waals surface area (Å²) < 4.78 is 7.95. The smallest absolute Gasteiger partial charge is 0.237 e. The summed E-state index contributed by atoms with van der Waals surface area (Å²) in [5.74, 6) is 1.25. The summed E-state index contributed by atoms with van der Waals surface area (Å²) in [5.41, 5.74) is 3.49. The average Bonchev–Trinajstić information content (AvgIpc) is 3.25. The highest BCUT2D eigenvalue weighted by Crippen LogP contribution is 2.25. The van der Waals surface area contributed by atoms with Crippen LogP contribution in [0.2, 0.25) is 0 Å². The predicted molar refractivity (Wildman–Crippen MR) is 141 cm³/mol. The molecule has 0 bridgehead atoms. The van der Waals surface area contributed by atoms with Gasteiger partial charge in [-0.25, -0.2) is 0 Å². The first kappa shape index (κ1) is 25.2. The van der Waals surface area contributed by atoms with Crippen molar-refractivity contribution in [1.29, 1.82) is 0 Å². The molecular formula is C28H28N4O3S. The Morgan fingerprint density at radius 1 is 0.972 bits per heavy atom. The molecule has 0 spiro atoms. The Bertz CT molecular complexity index is 1320. The van der Waals surface area contributed by atoms with Gasteiger partial charge in [0.1, 0.15) is 12.4 Å². The Morgan fingerprint density at radius 2 is 1.67 bits per heavy atom. The summed E-state index contributed by atoms with van der Waals surface area (Å²) in [4.78, 5) is 24.4. The highest BCUT2D eigenvalue weighted by molar-refractivity contribution is 8.00. The number of carbonyl (C=O) groups excluding carboxylic acids is 2. The number of aromatic nitrogens is 3. The van der Waals surface area contributed by atoms with E-state index in [1.54, 1.807) is 24.3 Å². The first-order valence-corrected chi connectivity index (χ1v) is 12.5. The number of thioether (sulfide) groups is 1. The van der Waals surface area contributed by atoms with Gasteiger partial charge in [-0.3, -0.25) is 14.2 Å². The van der Waals surface area contributed by atoms with Crippen molar-refractivity contribution in [2.24, 2.45) is 0 Å². The SMILES string of the molecule is CC(=O)c1ccc(NC(=O)[C@H](C)Sc2nnc(COc3ccc(C)cc3)n2Cc2ccccc2)cc1. The van der Waals surface area contributed by atoms with E-state index in [2.05, 4.69) is 15.5 Å². The lowest BCUT2D eigenvalue weighted by atomic mass is 10.1. The fourth-order valence-corrected chi connectivity index (χ4v) is 4.33. The number of hydrogen-bond acceptors (Lipinski definition) is 6. The van der Waals surface area contributed by atoms with E-state index in [4.69, 9.17) is 4.74 Å². The first-order valence-electron chi connectivity index (χ1n) is 11.6. The fourth-order valence-electron chi connectivity index (χ4n) is 3.46. The van der Waals surface area contributed by atoms with Crippen molar-refractivity contribution in [3.63, 3.8) is 0 Å². The maximum atomic E-state index is 12.9. The Kier molecular flexibility index (Phi) is 8.17. The summed E-state index contributed by atoms with van der Waals surface area (Å²) in [6, 6.07) is 24.7. The number of Topliss-reactive ketones (excluding diaryl/α,β-unsaturated/α-hetero) is 1. The lowest BCUT2D eigenvalue weighted by Crippen LogP contribution is -2.23. The van der Waals surface area contributed by atoms with E-state index >= 15 is 0 Å². The van der Waals surface area contributed by atoms with Crippen molar-refractivity contribution in [2.45, 2.75) is 44.3 Å². The zero-order chi connectivity index (χ0) is 25.5. The van der Waals surface area contributed by atoms with Gasteiger partial charge in [0, 0.05) is 11.3 Å². The molecule has 0 fully saturated rings. The van der Waals surface area contributed by atoms with Crippen LogP contribution in [0.4, 0.5) is 5.69 Å². The third kappa shape index (κ3) is 6.60. The summed E-state index contributed by atoms with van der Waals surface area (Å²) in [6.45, 7) is 6.18. The number of aryl methyl sites for hydroxylation is 1. The van der Waals surface area contributed by atoms with Gasteiger partial charge in [-0.15, -0.1) is 10.2 Å². The van der Waals surface area contributed by atoms with E-state index in [-0.39, 0.29) is 18.3 Å². The summed E-state index contributed by atoms with van der Waals surface area (Å²) in [7, 11) is 0. The predicted octanol–water partition coefficient (Wildman–Crippen LogP) is 5.54. The minimum atomic E-state index is -0.429. The van der Waals surface area contributed by atoms with Gasteiger partial charge < -0.3 is 10.1 Å². The first-order chi connectivity index (χ1) is 17.4. The van der Waals surface area contributed by atoms with E-state index in [1.165, 1.54) is 18.7 Å². The van der Waals surface area contributed by atoms with Gasteiger partial charge in [0.15, 0.2) is 16.8 Å². The molecule has 0 saturated carbocycles. The van der Waals surface area contributed by atoms with Crippen molar-refractivity contribution in [1.82, 2.24) is 14.8 Å². The molecule has 1 N–H and O–H groups in total. The van der Waals surface area contributed by atoms with Crippen molar-refractivity contribution >= 4 is 29.1 Å². The van der Waals surface area contributed by atoms with Crippen molar-refractivity contribution in [2.75, 3.05) is 5.32 Å². The summed E-state index contributed by atoms with van der Waals surface area (Å²) in [6.07, 6.45) is 0. The molecule has 4 rings (SSSR count). The van der Waals surface area contributed by atoms with Crippen LogP contribution in [-0.4, -0.2) is 31.7 Å². The van der Waals surface area contributed by atoms with Crippen LogP contribution in [-0.2, 0) is 17.9 Å². The number of nitrogens with zero attached hydrogens (tertiary/aromatic N) is 3. The maximum Gasteiger partial charge on any atom is 0.237 e. The normalized spacial score (nSPS) is 11.6. The number of ketones is 1. The molecule has 1 aromatic heterocycles. The molecule has 0 saturated heterocycles. The molecule has 4 aromatic rings. The van der Waals surface area contributed by atoms with Crippen LogP contribution in [0.25, 0.3) is 0 Å². The molecule has 1 atom stereocenters. The maximum absolute atomic E-state index is 12.9. The minimum absolute atomic E-state index is 0.0169. The number of hydrogen-bond donors (Lipinski definition) is 1. The molecule has 7 nitrogen and oxygen atoms in total. The van der Waals surface area contributed by atoms with Crippen LogP contribution in [0.3, 0.4) is 0 Å². The van der Waals surface area contributed by atoms with E-state index in [0.29, 0.717) is 28.8 Å². The summed E-state index contributed by atoms with van der Waals surface area (Å²) in [5, 5.41) is 11.9. The van der Waals surface area contributed by atoms with Gasteiger partial charge in [-0.1, -0.05) is 59.8 Å². The van der Waals surface area contributed by atoms with Gasteiger partial charge in [-0.2, -0.15) is 0 Å². The largest absolute Gasteiger partial charge is 0.486 e. The molecule has 0 aliphatic heterocycles. The van der Waals surface area contributed by atoms with E-state index in [1.807, 2.05) is 73.0 Å². The highest BCUT2D eigenvalue weighted by Gasteiger charge is 2.21. The molecule has 0 unspecified atom stereocenters. The number of rotatable bonds is 10. The van der Waals surface area contributed by atoms with Crippen LogP contribution in [0.15, 0.2) is 84.0 Å². The monoisotopic (exact) mass is 500 g/mol.